The molecule has 0 radical (unpaired) electrons. The summed E-state index contributed by atoms with van der Waals surface area (Å²) in [5, 5.41) is 10.8. The molecule has 1 aromatic carbocycles. The highest BCUT2D eigenvalue weighted by atomic mass is 35.5. The largest absolute Gasteiger partial charge is 0.489 e. The van der Waals surface area contributed by atoms with Crippen molar-refractivity contribution in [1.29, 1.82) is 0 Å². The molecule has 0 aliphatic carbocycles. The summed E-state index contributed by atoms with van der Waals surface area (Å²) in [6.45, 7) is 3.44. The molecular formula is C17H25ClO3. The van der Waals surface area contributed by atoms with Crippen LogP contribution in [0.2, 0.25) is 5.02 Å². The van der Waals surface area contributed by atoms with E-state index in [1.165, 1.54) is 25.7 Å². The third kappa shape index (κ3) is 4.79. The normalized spacial score (nSPS) is 15.6. The maximum atomic E-state index is 10.3. The number of rotatable bonds is 7. The predicted octanol–water partition coefficient (Wildman–Crippen LogP) is 4.90. The molecule has 3 nitrogen and oxygen atoms in total. The SMILES string of the molecule is CCCCCCCC(O)c1cc(Cl)c2c(c1)OCCCO2. The summed E-state index contributed by atoms with van der Waals surface area (Å²) < 4.78 is 11.3. The van der Waals surface area contributed by atoms with E-state index in [2.05, 4.69) is 6.92 Å². The molecule has 1 aliphatic heterocycles. The number of aliphatic hydroxyl groups is 1. The Labute approximate surface area is 132 Å². The molecule has 0 fully saturated rings. The number of halogens is 1. The minimum atomic E-state index is -0.485. The maximum Gasteiger partial charge on any atom is 0.179 e. The molecule has 21 heavy (non-hydrogen) atoms. The van der Waals surface area contributed by atoms with E-state index < -0.39 is 6.10 Å². The third-order valence-corrected chi connectivity index (χ3v) is 4.07. The zero-order chi connectivity index (χ0) is 15.1. The Balaban J connectivity index is 1.96. The van der Waals surface area contributed by atoms with Gasteiger partial charge in [0, 0.05) is 6.42 Å². The van der Waals surface area contributed by atoms with Crippen molar-refractivity contribution < 1.29 is 14.6 Å². The molecule has 0 aromatic heterocycles. The van der Waals surface area contributed by atoms with Gasteiger partial charge in [-0.15, -0.1) is 0 Å². The second kappa shape index (κ2) is 8.50. The average molecular weight is 313 g/mol. The zero-order valence-corrected chi connectivity index (χ0v) is 13.5. The van der Waals surface area contributed by atoms with Crippen LogP contribution in [-0.4, -0.2) is 18.3 Å². The van der Waals surface area contributed by atoms with Gasteiger partial charge < -0.3 is 14.6 Å². The number of fused-ring (bicyclic) bond motifs is 1. The molecule has 1 N–H and O–H groups in total. The van der Waals surface area contributed by atoms with Crippen LogP contribution >= 0.6 is 11.6 Å². The van der Waals surface area contributed by atoms with Crippen LogP contribution in [0.25, 0.3) is 0 Å². The van der Waals surface area contributed by atoms with Crippen molar-refractivity contribution in [3.05, 3.63) is 22.7 Å². The van der Waals surface area contributed by atoms with Gasteiger partial charge in [0.1, 0.15) is 0 Å². The monoisotopic (exact) mass is 312 g/mol. The maximum absolute atomic E-state index is 10.3. The molecule has 1 heterocycles. The molecule has 1 aromatic rings. The third-order valence-electron chi connectivity index (χ3n) is 3.79. The summed E-state index contributed by atoms with van der Waals surface area (Å²) >= 11 is 6.25. The number of hydrogen-bond donors (Lipinski definition) is 1. The number of benzene rings is 1. The van der Waals surface area contributed by atoms with Crippen LogP contribution in [0.4, 0.5) is 0 Å². The Bertz CT molecular complexity index is 448. The molecule has 4 heteroatoms. The minimum Gasteiger partial charge on any atom is -0.489 e. The highest BCUT2D eigenvalue weighted by molar-refractivity contribution is 6.32. The van der Waals surface area contributed by atoms with Crippen molar-refractivity contribution in [3.63, 3.8) is 0 Å². The van der Waals surface area contributed by atoms with Gasteiger partial charge in [0.05, 0.1) is 24.3 Å². The van der Waals surface area contributed by atoms with Gasteiger partial charge in [-0.3, -0.25) is 0 Å². The van der Waals surface area contributed by atoms with E-state index in [9.17, 15) is 5.11 Å². The van der Waals surface area contributed by atoms with E-state index in [1.54, 1.807) is 6.07 Å². The summed E-state index contributed by atoms with van der Waals surface area (Å²) in [7, 11) is 0. The first kappa shape index (κ1) is 16.4. The van der Waals surface area contributed by atoms with E-state index in [0.717, 1.165) is 24.8 Å². The predicted molar refractivity (Wildman–Crippen MR) is 85.4 cm³/mol. The Hall–Kier alpha value is -0.930. The molecule has 118 valence electrons. The lowest BCUT2D eigenvalue weighted by Crippen LogP contribution is -2.00. The van der Waals surface area contributed by atoms with Crippen LogP contribution in [0.15, 0.2) is 12.1 Å². The quantitative estimate of drug-likeness (QED) is 0.728. The average Bonchev–Trinajstić information content (AvgIpc) is 2.72. The lowest BCUT2D eigenvalue weighted by Gasteiger charge is -2.15. The van der Waals surface area contributed by atoms with Crippen LogP contribution in [0, 0.1) is 0 Å². The molecule has 1 aliphatic rings. The number of hydrogen-bond acceptors (Lipinski definition) is 3. The van der Waals surface area contributed by atoms with Crippen molar-refractivity contribution in [2.75, 3.05) is 13.2 Å². The fourth-order valence-electron chi connectivity index (χ4n) is 2.55. The molecule has 1 atom stereocenters. The highest BCUT2D eigenvalue weighted by Crippen LogP contribution is 2.40. The number of ether oxygens (including phenoxy) is 2. The first-order chi connectivity index (χ1) is 10.2. The van der Waals surface area contributed by atoms with E-state index in [-0.39, 0.29) is 0 Å². The molecular weight excluding hydrogens is 288 g/mol. The molecule has 1 unspecified atom stereocenters. The van der Waals surface area contributed by atoms with Gasteiger partial charge in [-0.2, -0.15) is 0 Å². The molecule has 0 spiro atoms. The lowest BCUT2D eigenvalue weighted by molar-refractivity contribution is 0.162. The number of unbranched alkanes of at least 4 members (excludes halogenated alkanes) is 4. The van der Waals surface area contributed by atoms with Crippen molar-refractivity contribution in [1.82, 2.24) is 0 Å². The van der Waals surface area contributed by atoms with Gasteiger partial charge >= 0.3 is 0 Å². The van der Waals surface area contributed by atoms with Crippen LogP contribution in [0.3, 0.4) is 0 Å². The summed E-state index contributed by atoms with van der Waals surface area (Å²) in [5.74, 6) is 1.26. The first-order valence-corrected chi connectivity index (χ1v) is 8.37. The Morgan fingerprint density at radius 3 is 2.71 bits per heavy atom. The van der Waals surface area contributed by atoms with E-state index in [1.807, 2.05) is 6.07 Å². The molecule has 0 bridgehead atoms. The molecule has 2 rings (SSSR count). The highest BCUT2D eigenvalue weighted by Gasteiger charge is 2.18. The van der Waals surface area contributed by atoms with E-state index in [4.69, 9.17) is 21.1 Å². The van der Waals surface area contributed by atoms with Crippen LogP contribution in [0.1, 0.15) is 63.5 Å². The van der Waals surface area contributed by atoms with Crippen molar-refractivity contribution >= 4 is 11.6 Å². The summed E-state index contributed by atoms with van der Waals surface area (Å²) in [6, 6.07) is 3.66. The Morgan fingerprint density at radius 2 is 1.90 bits per heavy atom. The fraction of sp³-hybridized carbons (Fsp3) is 0.647. The van der Waals surface area contributed by atoms with Crippen molar-refractivity contribution in [2.45, 2.75) is 58.0 Å². The Morgan fingerprint density at radius 1 is 1.14 bits per heavy atom. The van der Waals surface area contributed by atoms with Crippen LogP contribution in [-0.2, 0) is 0 Å². The second-order valence-corrected chi connectivity index (χ2v) is 6.01. The smallest absolute Gasteiger partial charge is 0.179 e. The number of aliphatic hydroxyl groups excluding tert-OH is 1. The van der Waals surface area contributed by atoms with Gasteiger partial charge in [0.2, 0.25) is 0 Å². The van der Waals surface area contributed by atoms with E-state index >= 15 is 0 Å². The van der Waals surface area contributed by atoms with Gasteiger partial charge in [0.15, 0.2) is 11.5 Å². The fourth-order valence-corrected chi connectivity index (χ4v) is 2.82. The standard InChI is InChI=1S/C17H25ClO3/c1-2-3-4-5-6-8-15(19)13-11-14(18)17-16(12-13)20-9-7-10-21-17/h11-12,15,19H,2-10H2,1H3. The van der Waals surface area contributed by atoms with Crippen LogP contribution < -0.4 is 9.47 Å². The molecule has 0 saturated carbocycles. The van der Waals surface area contributed by atoms with Gasteiger partial charge in [0.25, 0.3) is 0 Å². The lowest BCUT2D eigenvalue weighted by atomic mass is 10.0. The summed E-state index contributed by atoms with van der Waals surface area (Å²) in [6.07, 6.45) is 7.08. The van der Waals surface area contributed by atoms with Crippen molar-refractivity contribution in [2.24, 2.45) is 0 Å². The van der Waals surface area contributed by atoms with Gasteiger partial charge in [-0.05, 0) is 24.1 Å². The Kier molecular flexibility index (Phi) is 6.65. The minimum absolute atomic E-state index is 0.485. The van der Waals surface area contributed by atoms with Gasteiger partial charge in [-0.1, -0.05) is 50.6 Å². The van der Waals surface area contributed by atoms with Crippen LogP contribution in [0.5, 0.6) is 11.5 Å². The van der Waals surface area contributed by atoms with E-state index in [0.29, 0.717) is 29.7 Å². The molecule has 0 amide bonds. The summed E-state index contributed by atoms with van der Waals surface area (Å²) in [5.41, 5.74) is 0.819. The van der Waals surface area contributed by atoms with Gasteiger partial charge in [-0.25, -0.2) is 0 Å². The topological polar surface area (TPSA) is 38.7 Å². The summed E-state index contributed by atoms with van der Waals surface area (Å²) in [4.78, 5) is 0. The zero-order valence-electron chi connectivity index (χ0n) is 12.7. The second-order valence-electron chi connectivity index (χ2n) is 5.60. The molecule has 0 saturated heterocycles. The first-order valence-electron chi connectivity index (χ1n) is 7.99. The van der Waals surface area contributed by atoms with Crippen molar-refractivity contribution in [3.8, 4) is 11.5 Å².